The number of rotatable bonds is 2. The molecule has 1 nitrogen and oxygen atoms in total. The van der Waals surface area contributed by atoms with Gasteiger partial charge in [-0.05, 0) is 25.0 Å². The van der Waals surface area contributed by atoms with E-state index in [1.54, 1.807) is 6.07 Å². The van der Waals surface area contributed by atoms with Crippen LogP contribution in [0.4, 0.5) is 0 Å². The highest BCUT2D eigenvalue weighted by molar-refractivity contribution is 9.09. The lowest BCUT2D eigenvalue weighted by Gasteiger charge is -2.06. The normalized spacial score (nSPS) is 12.9. The van der Waals surface area contributed by atoms with Gasteiger partial charge in [-0.2, -0.15) is 0 Å². The summed E-state index contributed by atoms with van der Waals surface area (Å²) >= 11 is 3.46. The highest BCUT2D eigenvalue weighted by Crippen LogP contribution is 2.21. The summed E-state index contributed by atoms with van der Waals surface area (Å²) in [5, 5.41) is 9.46. The molecule has 0 radical (unpaired) electrons. The fourth-order valence-electron chi connectivity index (χ4n) is 1.18. The van der Waals surface area contributed by atoms with E-state index in [0.717, 1.165) is 12.0 Å². The van der Waals surface area contributed by atoms with Crippen molar-refractivity contribution in [1.29, 1.82) is 0 Å². The van der Waals surface area contributed by atoms with E-state index in [-0.39, 0.29) is 0 Å². The van der Waals surface area contributed by atoms with E-state index < -0.39 is 0 Å². The van der Waals surface area contributed by atoms with Gasteiger partial charge in [-0.15, -0.1) is 0 Å². The molecule has 1 atom stereocenters. The summed E-state index contributed by atoms with van der Waals surface area (Å²) in [6, 6.07) is 5.69. The van der Waals surface area contributed by atoms with Crippen LogP contribution in [0.15, 0.2) is 18.2 Å². The van der Waals surface area contributed by atoms with Gasteiger partial charge in [0.15, 0.2) is 0 Å². The van der Waals surface area contributed by atoms with Crippen LogP contribution >= 0.6 is 15.9 Å². The molecular weight excluding hydrogens is 216 g/mol. The zero-order valence-electron chi connectivity index (χ0n) is 7.34. The number of aromatic hydroxyl groups is 1. The van der Waals surface area contributed by atoms with E-state index in [9.17, 15) is 5.11 Å². The van der Waals surface area contributed by atoms with E-state index >= 15 is 0 Å². The van der Waals surface area contributed by atoms with Crippen molar-refractivity contribution in [2.45, 2.75) is 25.1 Å². The second-order valence-electron chi connectivity index (χ2n) is 3.12. The Morgan fingerprint density at radius 2 is 2.17 bits per heavy atom. The van der Waals surface area contributed by atoms with E-state index in [1.807, 2.05) is 19.1 Å². The van der Waals surface area contributed by atoms with Crippen LogP contribution in [0, 0.1) is 6.92 Å². The number of alkyl halides is 1. The molecule has 0 fully saturated rings. The van der Waals surface area contributed by atoms with Crippen molar-refractivity contribution >= 4 is 15.9 Å². The van der Waals surface area contributed by atoms with Gasteiger partial charge < -0.3 is 5.11 Å². The molecule has 0 saturated heterocycles. The Morgan fingerprint density at radius 1 is 1.50 bits per heavy atom. The maximum absolute atomic E-state index is 9.46. The van der Waals surface area contributed by atoms with Crippen LogP contribution in [0.25, 0.3) is 0 Å². The van der Waals surface area contributed by atoms with Gasteiger partial charge in [-0.3, -0.25) is 0 Å². The van der Waals surface area contributed by atoms with Crippen molar-refractivity contribution in [2.24, 2.45) is 0 Å². The first-order chi connectivity index (χ1) is 5.59. The molecule has 1 aromatic carbocycles. The van der Waals surface area contributed by atoms with E-state index in [0.29, 0.717) is 10.6 Å². The third-order valence-corrected chi connectivity index (χ3v) is 2.06. The number of phenolic OH excluding ortho intramolecular Hbond substituents is 1. The molecule has 0 heterocycles. The third kappa shape index (κ3) is 2.52. The summed E-state index contributed by atoms with van der Waals surface area (Å²) in [6.45, 7) is 4.10. The lowest BCUT2D eigenvalue weighted by Crippen LogP contribution is -1.96. The molecule has 0 saturated carbocycles. The Hall–Kier alpha value is -0.500. The Bertz CT molecular complexity index is 269. The number of halogens is 1. The van der Waals surface area contributed by atoms with Crippen LogP contribution in [-0.2, 0) is 6.42 Å². The van der Waals surface area contributed by atoms with Crippen molar-refractivity contribution in [1.82, 2.24) is 0 Å². The van der Waals surface area contributed by atoms with E-state index in [2.05, 4.69) is 22.9 Å². The minimum atomic E-state index is 0.395. The SMILES string of the molecule is Cc1ccc(O)c(CC(C)Br)c1. The monoisotopic (exact) mass is 228 g/mol. The lowest BCUT2D eigenvalue weighted by molar-refractivity contribution is 0.468. The largest absolute Gasteiger partial charge is 0.508 e. The average molecular weight is 229 g/mol. The number of hydrogen-bond donors (Lipinski definition) is 1. The smallest absolute Gasteiger partial charge is 0.118 e. The second-order valence-corrected chi connectivity index (χ2v) is 4.68. The van der Waals surface area contributed by atoms with Crippen molar-refractivity contribution < 1.29 is 5.11 Å². The summed E-state index contributed by atoms with van der Waals surface area (Å²) in [5.41, 5.74) is 2.20. The van der Waals surface area contributed by atoms with Crippen LogP contribution in [0.2, 0.25) is 0 Å². The molecule has 12 heavy (non-hydrogen) atoms. The summed E-state index contributed by atoms with van der Waals surface area (Å²) in [5.74, 6) is 0.395. The van der Waals surface area contributed by atoms with Gasteiger partial charge >= 0.3 is 0 Å². The summed E-state index contributed by atoms with van der Waals surface area (Å²) in [7, 11) is 0. The Labute approximate surface area is 81.6 Å². The first kappa shape index (κ1) is 9.59. The maximum atomic E-state index is 9.46. The summed E-state index contributed by atoms with van der Waals surface area (Å²) < 4.78 is 0. The molecule has 1 rings (SSSR count). The molecule has 2 heteroatoms. The van der Waals surface area contributed by atoms with E-state index in [4.69, 9.17) is 0 Å². The molecule has 1 unspecified atom stereocenters. The van der Waals surface area contributed by atoms with Crippen LogP contribution in [0.1, 0.15) is 18.1 Å². The number of phenols is 1. The minimum absolute atomic E-state index is 0.395. The average Bonchev–Trinajstić information content (AvgIpc) is 1.96. The first-order valence-corrected chi connectivity index (χ1v) is 4.93. The molecule has 0 aliphatic rings. The molecule has 0 aromatic heterocycles. The van der Waals surface area contributed by atoms with Gasteiger partial charge in [0.25, 0.3) is 0 Å². The second kappa shape index (κ2) is 3.94. The van der Waals surface area contributed by atoms with Gasteiger partial charge in [0.05, 0.1) is 0 Å². The Morgan fingerprint density at radius 3 is 2.75 bits per heavy atom. The zero-order chi connectivity index (χ0) is 9.14. The fourth-order valence-corrected chi connectivity index (χ4v) is 1.53. The highest BCUT2D eigenvalue weighted by Gasteiger charge is 2.04. The molecule has 0 aliphatic carbocycles. The summed E-state index contributed by atoms with van der Waals surface area (Å²) in [4.78, 5) is 0.408. The van der Waals surface area contributed by atoms with Crippen LogP contribution in [0.3, 0.4) is 0 Å². The molecule has 1 aromatic rings. The Balaban J connectivity index is 2.90. The lowest BCUT2D eigenvalue weighted by atomic mass is 10.1. The standard InChI is InChI=1S/C10H13BrO/c1-7-3-4-10(12)9(5-7)6-8(2)11/h3-5,8,12H,6H2,1-2H3. The molecule has 0 spiro atoms. The minimum Gasteiger partial charge on any atom is -0.508 e. The van der Waals surface area contributed by atoms with Gasteiger partial charge in [-0.25, -0.2) is 0 Å². The fraction of sp³-hybridized carbons (Fsp3) is 0.400. The molecule has 0 amide bonds. The predicted octanol–water partition coefficient (Wildman–Crippen LogP) is 3.03. The number of hydrogen-bond acceptors (Lipinski definition) is 1. The highest BCUT2D eigenvalue weighted by atomic mass is 79.9. The quantitative estimate of drug-likeness (QED) is 0.773. The number of benzene rings is 1. The summed E-state index contributed by atoms with van der Waals surface area (Å²) in [6.07, 6.45) is 0.869. The van der Waals surface area contributed by atoms with Crippen LogP contribution < -0.4 is 0 Å². The van der Waals surface area contributed by atoms with Crippen LogP contribution in [0.5, 0.6) is 5.75 Å². The van der Waals surface area contributed by atoms with Gasteiger partial charge in [0.2, 0.25) is 0 Å². The predicted molar refractivity (Wildman–Crippen MR) is 54.9 cm³/mol. The van der Waals surface area contributed by atoms with Gasteiger partial charge in [0.1, 0.15) is 5.75 Å². The maximum Gasteiger partial charge on any atom is 0.118 e. The van der Waals surface area contributed by atoms with Gasteiger partial charge in [-0.1, -0.05) is 40.5 Å². The van der Waals surface area contributed by atoms with Crippen LogP contribution in [-0.4, -0.2) is 9.93 Å². The molecular formula is C10H13BrO. The first-order valence-electron chi connectivity index (χ1n) is 4.02. The number of aryl methyl sites for hydroxylation is 1. The topological polar surface area (TPSA) is 20.2 Å². The molecule has 66 valence electrons. The third-order valence-electron chi connectivity index (χ3n) is 1.74. The van der Waals surface area contributed by atoms with Crippen molar-refractivity contribution in [3.63, 3.8) is 0 Å². The van der Waals surface area contributed by atoms with Gasteiger partial charge in [0, 0.05) is 4.83 Å². The van der Waals surface area contributed by atoms with Crippen molar-refractivity contribution in [2.75, 3.05) is 0 Å². The van der Waals surface area contributed by atoms with Crippen molar-refractivity contribution in [3.05, 3.63) is 29.3 Å². The Kier molecular flexibility index (Phi) is 3.15. The van der Waals surface area contributed by atoms with Crippen molar-refractivity contribution in [3.8, 4) is 5.75 Å². The van der Waals surface area contributed by atoms with E-state index in [1.165, 1.54) is 5.56 Å². The molecule has 1 N–H and O–H groups in total. The zero-order valence-corrected chi connectivity index (χ0v) is 8.93. The molecule has 0 aliphatic heterocycles. The molecule has 0 bridgehead atoms.